The summed E-state index contributed by atoms with van der Waals surface area (Å²) in [6.07, 6.45) is -1.48. The van der Waals surface area contributed by atoms with Crippen molar-refractivity contribution in [2.45, 2.75) is 6.43 Å². The zero-order valence-corrected chi connectivity index (χ0v) is 13.0. The number of alkyl halides is 2. The molecule has 9 heteroatoms. The number of methoxy groups -OCH3 is 1. The summed E-state index contributed by atoms with van der Waals surface area (Å²) in [5, 5.41) is 3.58. The van der Waals surface area contributed by atoms with Crippen molar-refractivity contribution >= 4 is 11.6 Å². The van der Waals surface area contributed by atoms with Crippen LogP contribution in [0.2, 0.25) is 5.02 Å². The van der Waals surface area contributed by atoms with Gasteiger partial charge in [-0.05, 0) is 12.1 Å². The van der Waals surface area contributed by atoms with Crippen molar-refractivity contribution in [1.82, 2.24) is 15.1 Å². The van der Waals surface area contributed by atoms with Gasteiger partial charge in [-0.2, -0.15) is 0 Å². The maximum Gasteiger partial charge on any atom is 0.283 e. The van der Waals surface area contributed by atoms with Gasteiger partial charge in [0, 0.05) is 6.07 Å². The van der Waals surface area contributed by atoms with Crippen molar-refractivity contribution in [3.05, 3.63) is 47.4 Å². The Morgan fingerprint density at radius 2 is 1.96 bits per heavy atom. The van der Waals surface area contributed by atoms with Gasteiger partial charge in [-0.25, -0.2) is 18.7 Å². The van der Waals surface area contributed by atoms with Gasteiger partial charge in [0.2, 0.25) is 11.8 Å². The molecule has 124 valence electrons. The summed E-state index contributed by atoms with van der Waals surface area (Å²) >= 11 is 6.16. The number of benzene rings is 1. The lowest BCUT2D eigenvalue weighted by Crippen LogP contribution is -1.94. The molecule has 0 saturated carbocycles. The Kier molecular flexibility index (Phi) is 4.57. The van der Waals surface area contributed by atoms with Crippen LogP contribution >= 0.6 is 11.6 Å². The molecule has 0 radical (unpaired) electrons. The van der Waals surface area contributed by atoms with Crippen molar-refractivity contribution < 1.29 is 22.8 Å². The highest BCUT2D eigenvalue weighted by Gasteiger charge is 2.20. The van der Waals surface area contributed by atoms with E-state index in [1.54, 1.807) is 18.2 Å². The molecule has 2 aromatic heterocycles. The van der Waals surface area contributed by atoms with Crippen LogP contribution in [0, 0.1) is 0 Å². The molecule has 3 rings (SSSR count). The number of nitrogens with zero attached hydrogens (tertiary/aromatic N) is 3. The third-order valence-electron chi connectivity index (χ3n) is 3.01. The molecule has 0 fully saturated rings. The number of aromatic nitrogens is 3. The minimum Gasteiger partial charge on any atom is -0.481 e. The fourth-order valence-electron chi connectivity index (χ4n) is 1.94. The van der Waals surface area contributed by atoms with E-state index in [1.165, 1.54) is 19.5 Å². The van der Waals surface area contributed by atoms with Crippen molar-refractivity contribution in [2.24, 2.45) is 0 Å². The lowest BCUT2D eigenvalue weighted by molar-refractivity contribution is 0.140. The quantitative estimate of drug-likeness (QED) is 0.671. The van der Waals surface area contributed by atoms with Gasteiger partial charge in [0.25, 0.3) is 6.43 Å². The summed E-state index contributed by atoms with van der Waals surface area (Å²) < 4.78 is 41.0. The molecule has 0 unspecified atom stereocenters. The molecule has 6 nitrogen and oxygen atoms in total. The number of hydrogen-bond acceptors (Lipinski definition) is 6. The first kappa shape index (κ1) is 16.1. The van der Waals surface area contributed by atoms with Crippen LogP contribution in [0.3, 0.4) is 0 Å². The molecule has 0 bridgehead atoms. The number of rotatable bonds is 5. The molecule has 0 aliphatic rings. The Morgan fingerprint density at radius 1 is 1.17 bits per heavy atom. The topological polar surface area (TPSA) is 70.3 Å². The number of hydrogen-bond donors (Lipinski definition) is 0. The summed E-state index contributed by atoms with van der Waals surface area (Å²) in [6.45, 7) is 0. The van der Waals surface area contributed by atoms with Gasteiger partial charge >= 0.3 is 0 Å². The monoisotopic (exact) mass is 353 g/mol. The molecule has 0 atom stereocenters. The third-order valence-corrected chi connectivity index (χ3v) is 3.33. The van der Waals surface area contributed by atoms with Crippen LogP contribution in [0.25, 0.3) is 11.3 Å². The van der Waals surface area contributed by atoms with E-state index in [9.17, 15) is 8.78 Å². The van der Waals surface area contributed by atoms with Crippen LogP contribution in [0.5, 0.6) is 17.5 Å². The number of ether oxygens (including phenoxy) is 2. The fraction of sp³-hybridized carbons (Fsp3) is 0.133. The highest BCUT2D eigenvalue weighted by Crippen LogP contribution is 2.39. The Bertz CT molecular complexity index is 857. The fourth-order valence-corrected chi connectivity index (χ4v) is 2.20. The highest BCUT2D eigenvalue weighted by atomic mass is 35.5. The first-order chi connectivity index (χ1) is 11.6. The normalized spacial score (nSPS) is 10.9. The minimum absolute atomic E-state index is 0.0620. The molecule has 24 heavy (non-hydrogen) atoms. The smallest absolute Gasteiger partial charge is 0.283 e. The molecule has 0 saturated heterocycles. The minimum atomic E-state index is -2.75. The van der Waals surface area contributed by atoms with Crippen molar-refractivity contribution in [3.8, 4) is 28.8 Å². The van der Waals surface area contributed by atoms with Crippen LogP contribution in [0.15, 0.2) is 41.2 Å². The van der Waals surface area contributed by atoms with E-state index in [0.717, 1.165) is 6.07 Å². The van der Waals surface area contributed by atoms with Crippen LogP contribution in [-0.2, 0) is 0 Å². The van der Waals surface area contributed by atoms with Gasteiger partial charge in [0.05, 0.1) is 23.8 Å². The first-order valence-corrected chi connectivity index (χ1v) is 7.04. The summed E-state index contributed by atoms with van der Waals surface area (Å²) in [4.78, 5) is 7.83. The molecule has 0 aliphatic heterocycles. The second-order valence-corrected chi connectivity index (χ2v) is 4.94. The maximum absolute atomic E-state index is 12.7. The predicted octanol–water partition coefficient (Wildman–Crippen LogP) is 4.52. The van der Waals surface area contributed by atoms with Gasteiger partial charge in [-0.3, -0.25) is 0 Å². The highest BCUT2D eigenvalue weighted by molar-refractivity contribution is 6.33. The van der Waals surface area contributed by atoms with Crippen molar-refractivity contribution in [2.75, 3.05) is 7.11 Å². The Balaban J connectivity index is 2.00. The molecule has 3 aromatic rings. The average Bonchev–Trinajstić information content (AvgIpc) is 3.05. The van der Waals surface area contributed by atoms with E-state index < -0.39 is 12.1 Å². The van der Waals surface area contributed by atoms with Gasteiger partial charge in [0.15, 0.2) is 5.76 Å². The van der Waals surface area contributed by atoms with Gasteiger partial charge in [-0.1, -0.05) is 22.8 Å². The Hall–Kier alpha value is -2.74. The largest absolute Gasteiger partial charge is 0.481 e. The van der Waals surface area contributed by atoms with Gasteiger partial charge < -0.3 is 14.0 Å². The molecule has 0 spiro atoms. The predicted molar refractivity (Wildman–Crippen MR) is 80.6 cm³/mol. The molecule has 1 aromatic carbocycles. The molecule has 0 aliphatic carbocycles. The maximum atomic E-state index is 12.7. The Morgan fingerprint density at radius 3 is 2.67 bits per heavy atom. The summed E-state index contributed by atoms with van der Waals surface area (Å²) in [5.74, 6) is 0.828. The summed E-state index contributed by atoms with van der Waals surface area (Å²) in [7, 11) is 1.46. The van der Waals surface area contributed by atoms with E-state index >= 15 is 0 Å². The summed E-state index contributed by atoms with van der Waals surface area (Å²) in [5.41, 5.74) is -0.198. The lowest BCUT2D eigenvalue weighted by atomic mass is 10.1. The van der Waals surface area contributed by atoms with Crippen LogP contribution in [0.4, 0.5) is 8.78 Å². The lowest BCUT2D eigenvalue weighted by Gasteiger charge is -2.10. The molecule has 0 amide bonds. The van der Waals surface area contributed by atoms with Gasteiger partial charge in [0.1, 0.15) is 17.8 Å². The Labute approximate surface area is 140 Å². The van der Waals surface area contributed by atoms with Crippen molar-refractivity contribution in [1.29, 1.82) is 0 Å². The molecular formula is C15H10ClF2N3O3. The van der Waals surface area contributed by atoms with Crippen LogP contribution < -0.4 is 9.47 Å². The van der Waals surface area contributed by atoms with E-state index in [4.69, 9.17) is 25.6 Å². The van der Waals surface area contributed by atoms with E-state index in [1.807, 2.05) is 0 Å². The van der Waals surface area contributed by atoms with Crippen LogP contribution in [-0.4, -0.2) is 22.2 Å². The zero-order chi connectivity index (χ0) is 17.1. The molecular weight excluding hydrogens is 344 g/mol. The zero-order valence-electron chi connectivity index (χ0n) is 12.2. The van der Waals surface area contributed by atoms with Crippen LogP contribution in [0.1, 0.15) is 12.1 Å². The second-order valence-electron chi connectivity index (χ2n) is 4.53. The standard InChI is InChI=1S/C15H10ClF2N3O3/c1-22-12-6-13(20-7-19-12)23-10-4-2-3-8(16)14(10)11-5-9(15(17)18)21-24-11/h2-7,15H,1H3. The van der Waals surface area contributed by atoms with Gasteiger partial charge in [-0.15, -0.1) is 0 Å². The second kappa shape index (κ2) is 6.79. The molecule has 2 heterocycles. The van der Waals surface area contributed by atoms with E-state index in [-0.39, 0.29) is 28.0 Å². The average molecular weight is 354 g/mol. The third kappa shape index (κ3) is 3.28. The first-order valence-electron chi connectivity index (χ1n) is 6.66. The SMILES string of the molecule is COc1cc(Oc2cccc(Cl)c2-c2cc(C(F)F)no2)ncn1. The van der Waals surface area contributed by atoms with E-state index in [2.05, 4.69) is 15.1 Å². The number of halogens is 3. The van der Waals surface area contributed by atoms with E-state index in [0.29, 0.717) is 5.88 Å². The summed E-state index contributed by atoms with van der Waals surface area (Å²) in [6, 6.07) is 7.40. The van der Waals surface area contributed by atoms with Crippen molar-refractivity contribution in [3.63, 3.8) is 0 Å². The molecule has 0 N–H and O–H groups in total.